The fraction of sp³-hybridized carbons (Fsp3) is 0.222. The summed E-state index contributed by atoms with van der Waals surface area (Å²) in [5.74, 6) is 0. The van der Waals surface area contributed by atoms with E-state index in [1.54, 1.807) is 28.8 Å². The van der Waals surface area contributed by atoms with Gasteiger partial charge in [0.1, 0.15) is 5.69 Å². The monoisotopic (exact) mass is 190 g/mol. The Morgan fingerprint density at radius 3 is 2.79 bits per heavy atom. The van der Waals surface area contributed by atoms with Gasteiger partial charge in [0, 0.05) is 26.5 Å². The number of carbonyl (C=O) groups is 1. The summed E-state index contributed by atoms with van der Waals surface area (Å²) in [7, 11) is 3.60. The van der Waals surface area contributed by atoms with Gasteiger partial charge in [-0.3, -0.25) is 14.2 Å². The summed E-state index contributed by atoms with van der Waals surface area (Å²) in [6.07, 6.45) is 4.17. The minimum Gasteiger partial charge on any atom is -0.298 e. The summed E-state index contributed by atoms with van der Waals surface area (Å²) in [6.45, 7) is 0. The van der Waals surface area contributed by atoms with E-state index in [4.69, 9.17) is 0 Å². The van der Waals surface area contributed by atoms with E-state index in [1.165, 1.54) is 0 Å². The molecule has 0 unspecified atom stereocenters. The lowest BCUT2D eigenvalue weighted by atomic mass is 10.2. The van der Waals surface area contributed by atoms with Crippen LogP contribution in [0.25, 0.3) is 11.4 Å². The van der Waals surface area contributed by atoms with Crippen molar-refractivity contribution in [3.63, 3.8) is 0 Å². The topological polar surface area (TPSA) is 52.7 Å². The molecule has 0 amide bonds. The van der Waals surface area contributed by atoms with Crippen molar-refractivity contribution in [1.82, 2.24) is 19.6 Å². The third-order valence-electron chi connectivity index (χ3n) is 2.05. The van der Waals surface area contributed by atoms with Crippen LogP contribution in [0.15, 0.2) is 18.5 Å². The second kappa shape index (κ2) is 3.10. The van der Waals surface area contributed by atoms with Crippen molar-refractivity contribution in [1.29, 1.82) is 0 Å². The molecule has 5 nitrogen and oxygen atoms in total. The summed E-state index contributed by atoms with van der Waals surface area (Å²) in [6, 6.07) is 1.83. The van der Waals surface area contributed by atoms with E-state index in [0.717, 1.165) is 12.0 Å². The first-order valence-electron chi connectivity index (χ1n) is 4.19. The maximum atomic E-state index is 10.8. The van der Waals surface area contributed by atoms with Gasteiger partial charge in [-0.05, 0) is 6.07 Å². The Hall–Kier alpha value is -1.91. The first-order valence-corrected chi connectivity index (χ1v) is 4.19. The van der Waals surface area contributed by atoms with E-state index in [-0.39, 0.29) is 0 Å². The van der Waals surface area contributed by atoms with Gasteiger partial charge in [0.15, 0.2) is 6.29 Å². The fourth-order valence-corrected chi connectivity index (χ4v) is 1.40. The Morgan fingerprint density at radius 2 is 2.21 bits per heavy atom. The first-order chi connectivity index (χ1) is 6.72. The number of aromatic nitrogens is 4. The van der Waals surface area contributed by atoms with Gasteiger partial charge in [0.25, 0.3) is 0 Å². The molecule has 2 aromatic heterocycles. The summed E-state index contributed by atoms with van der Waals surface area (Å²) >= 11 is 0. The molecule has 0 fully saturated rings. The van der Waals surface area contributed by atoms with Crippen LogP contribution in [0.5, 0.6) is 0 Å². The molecule has 0 atom stereocenters. The molecule has 0 aliphatic rings. The molecule has 2 heterocycles. The van der Waals surface area contributed by atoms with Crippen LogP contribution in [-0.2, 0) is 14.1 Å². The van der Waals surface area contributed by atoms with Crippen LogP contribution in [0.1, 0.15) is 10.4 Å². The number of carbonyl (C=O) groups excluding carboxylic acids is 1. The average Bonchev–Trinajstić information content (AvgIpc) is 2.71. The number of hydrogen-bond donors (Lipinski definition) is 0. The highest BCUT2D eigenvalue weighted by Crippen LogP contribution is 2.18. The maximum absolute atomic E-state index is 10.8. The molecule has 2 rings (SSSR count). The Bertz CT molecular complexity index is 469. The molecule has 5 heteroatoms. The highest BCUT2D eigenvalue weighted by atomic mass is 16.1. The molecular formula is C9H10N4O. The van der Waals surface area contributed by atoms with Crippen molar-refractivity contribution in [2.75, 3.05) is 0 Å². The van der Waals surface area contributed by atoms with Gasteiger partial charge < -0.3 is 0 Å². The second-order valence-electron chi connectivity index (χ2n) is 3.06. The zero-order valence-corrected chi connectivity index (χ0v) is 8.01. The van der Waals surface area contributed by atoms with Gasteiger partial charge in [0.05, 0.1) is 11.3 Å². The minimum atomic E-state index is 0.580. The highest BCUT2D eigenvalue weighted by Gasteiger charge is 2.11. The van der Waals surface area contributed by atoms with Crippen LogP contribution < -0.4 is 0 Å². The van der Waals surface area contributed by atoms with Crippen LogP contribution in [0.3, 0.4) is 0 Å². The average molecular weight is 190 g/mol. The van der Waals surface area contributed by atoms with Gasteiger partial charge in [-0.2, -0.15) is 10.2 Å². The van der Waals surface area contributed by atoms with Crippen molar-refractivity contribution < 1.29 is 4.79 Å². The molecule has 0 spiro atoms. The molecule has 0 saturated carbocycles. The standard InChI is InChI=1S/C9H10N4O/c1-12-5-7(6-14)9(11-12)8-3-4-10-13(8)2/h3-6H,1-2H3. The van der Waals surface area contributed by atoms with Gasteiger partial charge in [-0.25, -0.2) is 0 Å². The van der Waals surface area contributed by atoms with Crippen LogP contribution in [0.4, 0.5) is 0 Å². The lowest BCUT2D eigenvalue weighted by Crippen LogP contribution is -1.96. The van der Waals surface area contributed by atoms with Crippen molar-refractivity contribution in [3.05, 3.63) is 24.0 Å². The van der Waals surface area contributed by atoms with Crippen molar-refractivity contribution >= 4 is 6.29 Å². The molecule has 2 aromatic rings. The minimum absolute atomic E-state index is 0.580. The number of hydrogen-bond acceptors (Lipinski definition) is 3. The van der Waals surface area contributed by atoms with E-state index in [2.05, 4.69) is 10.2 Å². The maximum Gasteiger partial charge on any atom is 0.153 e. The Morgan fingerprint density at radius 1 is 1.43 bits per heavy atom. The van der Waals surface area contributed by atoms with Crippen LogP contribution >= 0.6 is 0 Å². The second-order valence-corrected chi connectivity index (χ2v) is 3.06. The number of aldehydes is 1. The van der Waals surface area contributed by atoms with Crippen molar-refractivity contribution in [3.8, 4) is 11.4 Å². The summed E-state index contributed by atoms with van der Waals surface area (Å²) in [4.78, 5) is 10.8. The predicted molar refractivity (Wildman–Crippen MR) is 50.8 cm³/mol. The van der Waals surface area contributed by atoms with E-state index < -0.39 is 0 Å². The first kappa shape index (κ1) is 8.68. The summed E-state index contributed by atoms with van der Waals surface area (Å²) < 4.78 is 3.31. The van der Waals surface area contributed by atoms with Crippen molar-refractivity contribution in [2.45, 2.75) is 0 Å². The zero-order chi connectivity index (χ0) is 10.1. The van der Waals surface area contributed by atoms with Gasteiger partial charge in [-0.1, -0.05) is 0 Å². The molecule has 0 radical (unpaired) electrons. The fourth-order valence-electron chi connectivity index (χ4n) is 1.40. The summed E-state index contributed by atoms with van der Waals surface area (Å²) in [5, 5.41) is 8.24. The van der Waals surface area contributed by atoms with Crippen LogP contribution in [0.2, 0.25) is 0 Å². The Balaban J connectivity index is 2.61. The lowest BCUT2D eigenvalue weighted by molar-refractivity contribution is 0.112. The molecule has 0 bridgehead atoms. The predicted octanol–water partition coefficient (Wildman–Crippen LogP) is 0.633. The third kappa shape index (κ3) is 1.22. The quantitative estimate of drug-likeness (QED) is 0.653. The lowest BCUT2D eigenvalue weighted by Gasteiger charge is -1.97. The number of rotatable bonds is 2. The molecule has 0 N–H and O–H groups in total. The van der Waals surface area contributed by atoms with E-state index in [1.807, 2.05) is 13.1 Å². The number of nitrogens with zero attached hydrogens (tertiary/aromatic N) is 4. The smallest absolute Gasteiger partial charge is 0.153 e. The van der Waals surface area contributed by atoms with Gasteiger partial charge in [-0.15, -0.1) is 0 Å². The zero-order valence-electron chi connectivity index (χ0n) is 8.01. The molecular weight excluding hydrogens is 180 g/mol. The Labute approximate surface area is 81.0 Å². The molecule has 14 heavy (non-hydrogen) atoms. The van der Waals surface area contributed by atoms with Crippen LogP contribution in [0, 0.1) is 0 Å². The number of aryl methyl sites for hydroxylation is 2. The van der Waals surface area contributed by atoms with Gasteiger partial charge >= 0.3 is 0 Å². The van der Waals surface area contributed by atoms with E-state index in [9.17, 15) is 4.79 Å². The van der Waals surface area contributed by atoms with Crippen molar-refractivity contribution in [2.24, 2.45) is 14.1 Å². The SMILES string of the molecule is Cn1cc(C=O)c(-c2ccnn2C)n1. The Kier molecular flexibility index (Phi) is 1.92. The highest BCUT2D eigenvalue weighted by molar-refractivity contribution is 5.84. The van der Waals surface area contributed by atoms with Gasteiger partial charge in [0.2, 0.25) is 0 Å². The molecule has 0 aromatic carbocycles. The van der Waals surface area contributed by atoms with Crippen LogP contribution in [-0.4, -0.2) is 25.8 Å². The summed E-state index contributed by atoms with van der Waals surface area (Å²) in [5.41, 5.74) is 2.09. The van der Waals surface area contributed by atoms with E-state index in [0.29, 0.717) is 11.3 Å². The molecule has 0 saturated heterocycles. The molecule has 72 valence electrons. The van der Waals surface area contributed by atoms with E-state index >= 15 is 0 Å². The third-order valence-corrected chi connectivity index (χ3v) is 2.05. The molecule has 0 aliphatic carbocycles. The normalized spacial score (nSPS) is 10.4. The largest absolute Gasteiger partial charge is 0.298 e. The molecule has 0 aliphatic heterocycles.